The minimum absolute atomic E-state index is 0.293. The molecule has 0 spiro atoms. The van der Waals surface area contributed by atoms with Gasteiger partial charge in [-0.05, 0) is 43.2 Å². The van der Waals surface area contributed by atoms with E-state index in [9.17, 15) is 4.79 Å². The zero-order valence-electron chi connectivity index (χ0n) is 18.9. The third-order valence-corrected chi connectivity index (χ3v) is 5.87. The second-order valence-corrected chi connectivity index (χ2v) is 8.39. The van der Waals surface area contributed by atoms with Gasteiger partial charge in [-0.15, -0.1) is 10.2 Å². The Morgan fingerprint density at radius 2 is 1.79 bits per heavy atom. The molecule has 0 aliphatic rings. The normalized spacial score (nSPS) is 11.5. The van der Waals surface area contributed by atoms with E-state index in [2.05, 4.69) is 15.5 Å². The number of furan rings is 1. The van der Waals surface area contributed by atoms with Crippen LogP contribution in [0.25, 0.3) is 27.7 Å². The number of allylic oxidation sites excluding steroid dienone is 1. The van der Waals surface area contributed by atoms with Gasteiger partial charge in [0, 0.05) is 28.7 Å². The minimum Gasteiger partial charge on any atom is -0.496 e. The van der Waals surface area contributed by atoms with Crippen molar-refractivity contribution >= 4 is 38.9 Å². The van der Waals surface area contributed by atoms with E-state index in [1.54, 1.807) is 27.6 Å². The standard InChI is InChI=1S/C24H23N3O5S/c1-13(8-23(28)25-24-27-26-14(2)33-24)16-10-17-18(12-32-21(17)11-20(16)30-4)15-6-7-19(29-3)22(9-15)31-5/h6-12H,1-5H3,(H,25,27,28)/b13-8+. The van der Waals surface area contributed by atoms with E-state index in [0.29, 0.717) is 28.0 Å². The molecule has 4 aromatic rings. The molecular formula is C24H23N3O5S. The van der Waals surface area contributed by atoms with Gasteiger partial charge >= 0.3 is 0 Å². The molecule has 0 fully saturated rings. The van der Waals surface area contributed by atoms with Gasteiger partial charge in [0.2, 0.25) is 11.0 Å². The fourth-order valence-electron chi connectivity index (χ4n) is 3.52. The molecule has 1 N–H and O–H groups in total. The van der Waals surface area contributed by atoms with Gasteiger partial charge in [-0.3, -0.25) is 10.1 Å². The maximum absolute atomic E-state index is 12.5. The van der Waals surface area contributed by atoms with Crippen molar-refractivity contribution in [1.29, 1.82) is 0 Å². The molecule has 0 unspecified atom stereocenters. The van der Waals surface area contributed by atoms with Crippen LogP contribution in [0.4, 0.5) is 5.13 Å². The van der Waals surface area contributed by atoms with E-state index in [-0.39, 0.29) is 5.91 Å². The van der Waals surface area contributed by atoms with Gasteiger partial charge < -0.3 is 18.6 Å². The predicted octanol–water partition coefficient (Wildman–Crippen LogP) is 5.33. The van der Waals surface area contributed by atoms with Crippen molar-refractivity contribution in [3.05, 3.63) is 53.2 Å². The number of rotatable bonds is 7. The zero-order valence-corrected chi connectivity index (χ0v) is 19.7. The first-order chi connectivity index (χ1) is 15.9. The second kappa shape index (κ2) is 9.33. The number of carbonyl (C=O) groups excluding carboxylic acids is 1. The number of aryl methyl sites for hydroxylation is 1. The average Bonchev–Trinajstić information content (AvgIpc) is 3.42. The van der Waals surface area contributed by atoms with Crippen LogP contribution in [0.1, 0.15) is 17.5 Å². The first-order valence-electron chi connectivity index (χ1n) is 10.0. The molecule has 0 saturated heterocycles. The highest BCUT2D eigenvalue weighted by atomic mass is 32.1. The van der Waals surface area contributed by atoms with E-state index in [1.807, 2.05) is 44.2 Å². The lowest BCUT2D eigenvalue weighted by Crippen LogP contribution is -2.08. The molecule has 2 aromatic carbocycles. The van der Waals surface area contributed by atoms with Crippen molar-refractivity contribution < 1.29 is 23.4 Å². The minimum atomic E-state index is -0.293. The highest BCUT2D eigenvalue weighted by Gasteiger charge is 2.16. The van der Waals surface area contributed by atoms with E-state index >= 15 is 0 Å². The van der Waals surface area contributed by atoms with Crippen LogP contribution in [0.2, 0.25) is 0 Å². The van der Waals surface area contributed by atoms with Crippen LogP contribution in [0.15, 0.2) is 47.1 Å². The van der Waals surface area contributed by atoms with Crippen molar-refractivity contribution in [2.45, 2.75) is 13.8 Å². The summed E-state index contributed by atoms with van der Waals surface area (Å²) in [6.45, 7) is 3.68. The Labute approximate surface area is 194 Å². The van der Waals surface area contributed by atoms with E-state index in [4.69, 9.17) is 18.6 Å². The molecule has 0 radical (unpaired) electrons. The number of aromatic nitrogens is 2. The Morgan fingerprint density at radius 3 is 2.45 bits per heavy atom. The van der Waals surface area contributed by atoms with Crippen LogP contribution in [0, 0.1) is 6.92 Å². The monoisotopic (exact) mass is 465 g/mol. The maximum Gasteiger partial charge on any atom is 0.250 e. The molecule has 170 valence electrons. The zero-order chi connectivity index (χ0) is 23.5. The molecule has 0 bridgehead atoms. The molecule has 9 heteroatoms. The number of hydrogen-bond acceptors (Lipinski definition) is 8. The summed E-state index contributed by atoms with van der Waals surface area (Å²) in [5.74, 6) is 1.58. The van der Waals surface area contributed by atoms with Gasteiger partial charge in [0.1, 0.15) is 16.3 Å². The Hall–Kier alpha value is -3.85. The lowest BCUT2D eigenvalue weighted by atomic mass is 9.99. The summed E-state index contributed by atoms with van der Waals surface area (Å²) in [5.41, 5.74) is 3.97. The van der Waals surface area contributed by atoms with Gasteiger partial charge in [-0.1, -0.05) is 17.4 Å². The Bertz CT molecular complexity index is 1360. The van der Waals surface area contributed by atoms with Crippen molar-refractivity contribution in [2.75, 3.05) is 26.6 Å². The SMILES string of the molecule is COc1ccc(-c2coc3cc(OC)c(/C(C)=C/C(=O)Nc4nnc(C)s4)cc23)cc1OC. The van der Waals surface area contributed by atoms with Crippen LogP contribution in [-0.2, 0) is 4.79 Å². The smallest absolute Gasteiger partial charge is 0.250 e. The van der Waals surface area contributed by atoms with Gasteiger partial charge in [0.25, 0.3) is 0 Å². The molecule has 0 atom stereocenters. The number of ether oxygens (including phenoxy) is 3. The number of nitrogens with zero attached hydrogens (tertiary/aromatic N) is 2. The van der Waals surface area contributed by atoms with Crippen molar-refractivity contribution in [3.63, 3.8) is 0 Å². The van der Waals surface area contributed by atoms with Crippen LogP contribution in [-0.4, -0.2) is 37.4 Å². The molecule has 8 nitrogen and oxygen atoms in total. The number of fused-ring (bicyclic) bond motifs is 1. The predicted molar refractivity (Wildman–Crippen MR) is 128 cm³/mol. The lowest BCUT2D eigenvalue weighted by Gasteiger charge is -2.11. The highest BCUT2D eigenvalue weighted by Crippen LogP contribution is 2.39. The molecule has 1 amide bonds. The Kier molecular flexibility index (Phi) is 6.32. The number of anilines is 1. The average molecular weight is 466 g/mol. The van der Waals surface area contributed by atoms with E-state index < -0.39 is 0 Å². The summed E-state index contributed by atoms with van der Waals surface area (Å²) in [6.07, 6.45) is 3.20. The van der Waals surface area contributed by atoms with Crippen molar-refractivity contribution in [3.8, 4) is 28.4 Å². The number of amides is 1. The summed E-state index contributed by atoms with van der Waals surface area (Å²) >= 11 is 1.32. The summed E-state index contributed by atoms with van der Waals surface area (Å²) < 4.78 is 22.2. The van der Waals surface area contributed by atoms with E-state index in [0.717, 1.165) is 32.7 Å². The summed E-state index contributed by atoms with van der Waals surface area (Å²) in [7, 11) is 4.78. The van der Waals surface area contributed by atoms with Crippen LogP contribution < -0.4 is 19.5 Å². The Balaban J connectivity index is 1.73. The maximum atomic E-state index is 12.5. The van der Waals surface area contributed by atoms with E-state index in [1.165, 1.54) is 17.4 Å². The number of benzene rings is 2. The summed E-state index contributed by atoms with van der Waals surface area (Å²) in [6, 6.07) is 9.46. The highest BCUT2D eigenvalue weighted by molar-refractivity contribution is 7.15. The van der Waals surface area contributed by atoms with Crippen LogP contribution in [0.3, 0.4) is 0 Å². The van der Waals surface area contributed by atoms with Crippen LogP contribution >= 0.6 is 11.3 Å². The summed E-state index contributed by atoms with van der Waals surface area (Å²) in [4.78, 5) is 12.5. The van der Waals surface area contributed by atoms with Gasteiger partial charge in [0.05, 0.1) is 27.6 Å². The first-order valence-corrected chi connectivity index (χ1v) is 10.9. The topological polar surface area (TPSA) is 95.7 Å². The van der Waals surface area contributed by atoms with Gasteiger partial charge in [-0.2, -0.15) is 0 Å². The third kappa shape index (κ3) is 4.54. The number of methoxy groups -OCH3 is 3. The number of nitrogens with one attached hydrogen (secondary N) is 1. The largest absolute Gasteiger partial charge is 0.496 e. The molecule has 0 aliphatic heterocycles. The lowest BCUT2D eigenvalue weighted by molar-refractivity contribution is -0.111. The first kappa shape index (κ1) is 22.3. The molecule has 0 aliphatic carbocycles. The van der Waals surface area contributed by atoms with Gasteiger partial charge in [-0.25, -0.2) is 0 Å². The molecule has 4 rings (SSSR count). The summed E-state index contributed by atoms with van der Waals surface area (Å²) in [5, 5.41) is 12.7. The molecule has 33 heavy (non-hydrogen) atoms. The second-order valence-electron chi connectivity index (χ2n) is 7.21. The third-order valence-electron chi connectivity index (χ3n) is 5.12. The fourth-order valence-corrected chi connectivity index (χ4v) is 4.12. The molecule has 0 saturated carbocycles. The quantitative estimate of drug-likeness (QED) is 0.369. The molecule has 2 heterocycles. The molecule has 2 aromatic heterocycles. The fraction of sp³-hybridized carbons (Fsp3) is 0.208. The van der Waals surface area contributed by atoms with Crippen molar-refractivity contribution in [2.24, 2.45) is 0 Å². The van der Waals surface area contributed by atoms with Crippen molar-refractivity contribution in [1.82, 2.24) is 10.2 Å². The Morgan fingerprint density at radius 1 is 1.03 bits per heavy atom. The number of carbonyl (C=O) groups is 1. The number of hydrogen-bond donors (Lipinski definition) is 1. The van der Waals surface area contributed by atoms with Crippen LogP contribution in [0.5, 0.6) is 17.2 Å². The van der Waals surface area contributed by atoms with Gasteiger partial charge in [0.15, 0.2) is 11.5 Å². The molecular weight excluding hydrogens is 442 g/mol.